The normalized spacial score (nSPS) is 16.3. The second-order valence-electron chi connectivity index (χ2n) is 10.5. The summed E-state index contributed by atoms with van der Waals surface area (Å²) in [6.07, 6.45) is -1.78. The molecule has 2 heterocycles. The van der Waals surface area contributed by atoms with Crippen molar-refractivity contribution in [3.8, 4) is 22.8 Å². The molecule has 13 heteroatoms. The van der Waals surface area contributed by atoms with Gasteiger partial charge in [-0.2, -0.15) is 10.1 Å². The van der Waals surface area contributed by atoms with Crippen molar-refractivity contribution in [3.63, 3.8) is 0 Å². The van der Waals surface area contributed by atoms with Gasteiger partial charge in [-0.1, -0.05) is 62.0 Å². The number of carbonyl (C=O) groups is 1. The highest BCUT2D eigenvalue weighted by molar-refractivity contribution is 8.14. The fourth-order valence-corrected chi connectivity index (χ4v) is 5.72. The summed E-state index contributed by atoms with van der Waals surface area (Å²) >= 11 is 1.54. The van der Waals surface area contributed by atoms with Gasteiger partial charge in [0.25, 0.3) is 0 Å². The molecule has 3 aromatic carbocycles. The molecule has 1 N–H and O–H groups in total. The van der Waals surface area contributed by atoms with Crippen molar-refractivity contribution in [2.45, 2.75) is 46.0 Å². The Hall–Kier alpha value is -4.65. The van der Waals surface area contributed by atoms with Crippen molar-refractivity contribution in [1.29, 1.82) is 0 Å². The molecule has 1 fully saturated rings. The van der Waals surface area contributed by atoms with Crippen LogP contribution in [0.4, 0.5) is 23.7 Å². The minimum atomic E-state index is -4.76. The first-order chi connectivity index (χ1) is 21.0. The monoisotopic (exact) mass is 621 g/mol. The SMILES string of the molecule is Cc1ccc(C(C)C)c(N2C(=NC(=O)N/N=C/c3ccc(-c4ncn(-c5ccc(OC(F)(F)F)cc5)n4)cc3)SCC2C)c1. The number of hydrogen-bond acceptors (Lipinski definition) is 6. The van der Waals surface area contributed by atoms with Crippen molar-refractivity contribution in [2.24, 2.45) is 10.1 Å². The molecule has 0 aliphatic carbocycles. The second kappa shape index (κ2) is 12.9. The van der Waals surface area contributed by atoms with Gasteiger partial charge in [-0.05, 0) is 66.8 Å². The molecule has 1 saturated heterocycles. The van der Waals surface area contributed by atoms with Crippen LogP contribution < -0.4 is 15.1 Å². The van der Waals surface area contributed by atoms with E-state index in [0.717, 1.165) is 28.1 Å². The van der Waals surface area contributed by atoms with Gasteiger partial charge >= 0.3 is 12.4 Å². The number of benzene rings is 3. The molecule has 228 valence electrons. The van der Waals surface area contributed by atoms with E-state index in [2.05, 4.69) is 81.1 Å². The number of nitrogens with one attached hydrogen (secondary N) is 1. The number of amides is 2. The molecule has 2 amide bonds. The zero-order valence-electron chi connectivity index (χ0n) is 24.4. The van der Waals surface area contributed by atoms with Crippen LogP contribution in [-0.4, -0.2) is 50.3 Å². The van der Waals surface area contributed by atoms with Crippen LogP contribution in [0.3, 0.4) is 0 Å². The first kappa shape index (κ1) is 30.8. The number of aromatic nitrogens is 3. The number of anilines is 1. The fraction of sp³-hybridized carbons (Fsp3) is 0.258. The first-order valence-electron chi connectivity index (χ1n) is 13.8. The van der Waals surface area contributed by atoms with Crippen molar-refractivity contribution >= 4 is 34.9 Å². The largest absolute Gasteiger partial charge is 0.573 e. The molecule has 1 aliphatic heterocycles. The second-order valence-corrected chi connectivity index (χ2v) is 11.5. The molecule has 1 atom stereocenters. The van der Waals surface area contributed by atoms with Gasteiger partial charge in [0.2, 0.25) is 0 Å². The Morgan fingerprint density at radius 1 is 1.11 bits per heavy atom. The van der Waals surface area contributed by atoms with E-state index in [9.17, 15) is 18.0 Å². The molecule has 1 aromatic heterocycles. The van der Waals surface area contributed by atoms with Gasteiger partial charge in [-0.15, -0.1) is 18.3 Å². The van der Waals surface area contributed by atoms with E-state index in [1.807, 2.05) is 0 Å². The lowest BCUT2D eigenvalue weighted by Gasteiger charge is -2.27. The van der Waals surface area contributed by atoms with Gasteiger partial charge < -0.3 is 9.64 Å². The van der Waals surface area contributed by atoms with E-state index in [-0.39, 0.29) is 11.8 Å². The molecular weight excluding hydrogens is 591 g/mol. The molecule has 0 bridgehead atoms. The number of rotatable bonds is 7. The Balaban J connectivity index is 1.21. The number of hydrazone groups is 1. The summed E-state index contributed by atoms with van der Waals surface area (Å²) in [6, 6.07) is 18.5. The summed E-state index contributed by atoms with van der Waals surface area (Å²) in [7, 11) is 0. The maximum Gasteiger partial charge on any atom is 0.573 e. The highest BCUT2D eigenvalue weighted by Gasteiger charge is 2.32. The predicted octanol–water partition coefficient (Wildman–Crippen LogP) is 7.31. The van der Waals surface area contributed by atoms with Crippen LogP contribution in [0, 0.1) is 6.92 Å². The van der Waals surface area contributed by atoms with E-state index >= 15 is 0 Å². The summed E-state index contributed by atoms with van der Waals surface area (Å²) in [5.41, 5.74) is 7.87. The molecule has 4 aromatic rings. The van der Waals surface area contributed by atoms with E-state index in [4.69, 9.17) is 0 Å². The Bertz CT molecular complexity index is 1680. The number of halogens is 3. The number of alkyl halides is 3. The fourth-order valence-electron chi connectivity index (χ4n) is 4.62. The van der Waals surface area contributed by atoms with Gasteiger partial charge in [0.1, 0.15) is 12.1 Å². The molecule has 44 heavy (non-hydrogen) atoms. The van der Waals surface area contributed by atoms with E-state index < -0.39 is 12.4 Å². The molecule has 1 unspecified atom stereocenters. The summed E-state index contributed by atoms with van der Waals surface area (Å²) in [5.74, 6) is 1.25. The van der Waals surface area contributed by atoms with Gasteiger partial charge in [-0.25, -0.2) is 19.9 Å². The standard InChI is InChI=1S/C31H30F3N7O2S/c1-19(2)26-14-5-20(3)15-27(26)41-21(4)17-44-30(41)37-29(42)38-36-16-22-6-8-23(9-7-22)28-35-18-40(39-28)24-10-12-25(13-11-24)43-31(32,33)34/h5-16,18-19,21H,17H2,1-4H3,(H,38,42)/b36-16+,37-30?. The van der Waals surface area contributed by atoms with Crippen LogP contribution in [0.5, 0.6) is 5.75 Å². The number of ether oxygens (including phenoxy) is 1. The molecular formula is C31H30F3N7O2S. The van der Waals surface area contributed by atoms with Crippen molar-refractivity contribution in [3.05, 3.63) is 89.7 Å². The topological polar surface area (TPSA) is 97.0 Å². The number of amidine groups is 1. The molecule has 0 spiro atoms. The third kappa shape index (κ3) is 7.46. The van der Waals surface area contributed by atoms with Crippen LogP contribution >= 0.6 is 11.8 Å². The highest BCUT2D eigenvalue weighted by atomic mass is 32.2. The summed E-state index contributed by atoms with van der Waals surface area (Å²) in [5, 5.41) is 9.10. The quantitative estimate of drug-likeness (QED) is 0.172. The smallest absolute Gasteiger partial charge is 0.406 e. The third-order valence-electron chi connectivity index (χ3n) is 6.73. The summed E-state index contributed by atoms with van der Waals surface area (Å²) in [4.78, 5) is 23.4. The lowest BCUT2D eigenvalue weighted by molar-refractivity contribution is -0.274. The number of thioether (sulfide) groups is 1. The average Bonchev–Trinajstić information content (AvgIpc) is 3.60. The number of carbonyl (C=O) groups excluding carboxylic acids is 1. The maximum atomic E-state index is 12.7. The Kier molecular flexibility index (Phi) is 9.04. The summed E-state index contributed by atoms with van der Waals surface area (Å²) < 4.78 is 42.5. The van der Waals surface area contributed by atoms with Crippen LogP contribution in [0.25, 0.3) is 17.1 Å². The van der Waals surface area contributed by atoms with Crippen molar-refractivity contribution < 1.29 is 22.7 Å². The number of hydrogen-bond donors (Lipinski definition) is 1. The van der Waals surface area contributed by atoms with Crippen LogP contribution in [0.1, 0.15) is 43.4 Å². The maximum absolute atomic E-state index is 12.7. The van der Waals surface area contributed by atoms with Crippen LogP contribution in [0.2, 0.25) is 0 Å². The molecule has 9 nitrogen and oxygen atoms in total. The number of aliphatic imine (C=N–C) groups is 1. The van der Waals surface area contributed by atoms with Crippen LogP contribution in [-0.2, 0) is 0 Å². The Labute approximate surface area is 256 Å². The van der Waals surface area contributed by atoms with Gasteiger partial charge in [0.15, 0.2) is 11.0 Å². The lowest BCUT2D eigenvalue weighted by Crippen LogP contribution is -2.33. The van der Waals surface area contributed by atoms with Crippen molar-refractivity contribution in [2.75, 3.05) is 10.7 Å². The number of nitrogens with zero attached hydrogens (tertiary/aromatic N) is 6. The minimum absolute atomic E-state index is 0.187. The van der Waals surface area contributed by atoms with Crippen molar-refractivity contribution in [1.82, 2.24) is 20.2 Å². The number of aryl methyl sites for hydroxylation is 1. The lowest BCUT2D eigenvalue weighted by atomic mass is 9.98. The van der Waals surface area contributed by atoms with E-state index in [1.54, 1.807) is 36.0 Å². The zero-order valence-corrected chi connectivity index (χ0v) is 25.2. The molecule has 0 saturated carbocycles. The average molecular weight is 622 g/mol. The van der Waals surface area contributed by atoms with Crippen LogP contribution in [0.15, 0.2) is 83.2 Å². The van der Waals surface area contributed by atoms with Gasteiger partial charge in [-0.3, -0.25) is 0 Å². The van der Waals surface area contributed by atoms with E-state index in [0.29, 0.717) is 22.6 Å². The molecule has 0 radical (unpaired) electrons. The number of urea groups is 1. The third-order valence-corrected chi connectivity index (χ3v) is 7.93. The van der Waals surface area contributed by atoms with E-state index in [1.165, 1.54) is 47.1 Å². The Morgan fingerprint density at radius 3 is 2.52 bits per heavy atom. The first-order valence-corrected chi connectivity index (χ1v) is 14.8. The Morgan fingerprint density at radius 2 is 1.84 bits per heavy atom. The molecule has 1 aliphatic rings. The summed E-state index contributed by atoms with van der Waals surface area (Å²) in [6.45, 7) is 8.48. The highest BCUT2D eigenvalue weighted by Crippen LogP contribution is 2.36. The predicted molar refractivity (Wildman–Crippen MR) is 167 cm³/mol. The van der Waals surface area contributed by atoms with Gasteiger partial charge in [0, 0.05) is 23.0 Å². The van der Waals surface area contributed by atoms with Gasteiger partial charge in [0.05, 0.1) is 11.9 Å². The minimum Gasteiger partial charge on any atom is -0.406 e. The zero-order chi connectivity index (χ0) is 31.4. The molecule has 5 rings (SSSR count).